The Bertz CT molecular complexity index is 903. The Morgan fingerprint density at radius 3 is 2.38 bits per heavy atom. The van der Waals surface area contributed by atoms with Crippen LogP contribution in [0.2, 0.25) is 5.02 Å². The Morgan fingerprint density at radius 2 is 1.76 bits per heavy atom. The lowest BCUT2D eigenvalue weighted by Crippen LogP contribution is -2.31. The first kappa shape index (κ1) is 22.2. The lowest BCUT2D eigenvalue weighted by atomic mass is 10.1. The summed E-state index contributed by atoms with van der Waals surface area (Å²) in [4.78, 5) is 24.6. The third kappa shape index (κ3) is 5.45. The van der Waals surface area contributed by atoms with Gasteiger partial charge in [-0.15, -0.1) is 0 Å². The molecule has 29 heavy (non-hydrogen) atoms. The fraction of sp³-hybridized carbons (Fsp3) is 0.300. The second-order valence-electron chi connectivity index (χ2n) is 6.05. The number of benzene rings is 2. The highest BCUT2D eigenvalue weighted by molar-refractivity contribution is 6.33. The van der Waals surface area contributed by atoms with Crippen molar-refractivity contribution in [2.45, 2.75) is 13.0 Å². The summed E-state index contributed by atoms with van der Waals surface area (Å²) in [6.45, 7) is 1.29. The number of nitrogen functional groups attached to an aromatic ring is 1. The molecule has 3 N–H and O–H groups in total. The molecule has 1 atom stereocenters. The van der Waals surface area contributed by atoms with Gasteiger partial charge in [0.15, 0.2) is 6.61 Å². The fourth-order valence-corrected chi connectivity index (χ4v) is 2.81. The highest BCUT2D eigenvalue weighted by Gasteiger charge is 2.19. The number of hydrogen-bond donors (Lipinski definition) is 2. The molecule has 0 radical (unpaired) electrons. The van der Waals surface area contributed by atoms with Crippen molar-refractivity contribution in [1.82, 2.24) is 5.32 Å². The lowest BCUT2D eigenvalue weighted by molar-refractivity contribution is -0.124. The first-order valence-corrected chi connectivity index (χ1v) is 8.99. The zero-order valence-electron chi connectivity index (χ0n) is 16.6. The van der Waals surface area contributed by atoms with E-state index in [0.717, 1.165) is 5.56 Å². The van der Waals surface area contributed by atoms with E-state index in [4.69, 9.17) is 36.3 Å². The van der Waals surface area contributed by atoms with Crippen LogP contribution < -0.4 is 25.3 Å². The second-order valence-corrected chi connectivity index (χ2v) is 6.45. The van der Waals surface area contributed by atoms with Gasteiger partial charge >= 0.3 is 5.97 Å². The summed E-state index contributed by atoms with van der Waals surface area (Å²) in [6.07, 6.45) is 0. The zero-order chi connectivity index (χ0) is 21.6. The van der Waals surface area contributed by atoms with Crippen LogP contribution in [-0.4, -0.2) is 39.8 Å². The van der Waals surface area contributed by atoms with Crippen molar-refractivity contribution in [3.63, 3.8) is 0 Å². The number of nitrogens with two attached hydrogens (primary N) is 1. The number of amides is 1. The van der Waals surface area contributed by atoms with Crippen LogP contribution in [-0.2, 0) is 9.53 Å². The maximum absolute atomic E-state index is 12.3. The lowest BCUT2D eigenvalue weighted by Gasteiger charge is -2.18. The van der Waals surface area contributed by atoms with Crippen LogP contribution in [0.15, 0.2) is 30.3 Å². The molecule has 0 aromatic heterocycles. The molecule has 0 fully saturated rings. The first-order chi connectivity index (χ1) is 13.8. The van der Waals surface area contributed by atoms with Gasteiger partial charge in [0.2, 0.25) is 0 Å². The number of nitrogens with one attached hydrogen (secondary N) is 1. The topological polar surface area (TPSA) is 109 Å². The van der Waals surface area contributed by atoms with Crippen LogP contribution >= 0.6 is 11.6 Å². The predicted molar refractivity (Wildman–Crippen MR) is 109 cm³/mol. The third-order valence-corrected chi connectivity index (χ3v) is 4.48. The Kier molecular flexibility index (Phi) is 7.55. The summed E-state index contributed by atoms with van der Waals surface area (Å²) >= 11 is 5.95. The summed E-state index contributed by atoms with van der Waals surface area (Å²) < 4.78 is 20.7. The highest BCUT2D eigenvalue weighted by Crippen LogP contribution is 2.30. The van der Waals surface area contributed by atoms with Crippen molar-refractivity contribution in [2.75, 3.05) is 33.7 Å². The second kappa shape index (κ2) is 9.88. The molecule has 0 heterocycles. The largest absolute Gasteiger partial charge is 0.497 e. The number of carbonyl (C=O) groups excluding carboxylic acids is 2. The van der Waals surface area contributed by atoms with Gasteiger partial charge < -0.3 is 30.0 Å². The van der Waals surface area contributed by atoms with Gasteiger partial charge in [-0.05, 0) is 31.2 Å². The monoisotopic (exact) mass is 422 g/mol. The van der Waals surface area contributed by atoms with Crippen molar-refractivity contribution in [2.24, 2.45) is 0 Å². The van der Waals surface area contributed by atoms with E-state index >= 15 is 0 Å². The summed E-state index contributed by atoms with van der Waals surface area (Å²) in [5, 5.41) is 2.93. The van der Waals surface area contributed by atoms with E-state index in [-0.39, 0.29) is 22.0 Å². The molecule has 1 amide bonds. The van der Waals surface area contributed by atoms with Crippen molar-refractivity contribution in [1.29, 1.82) is 0 Å². The molecule has 2 rings (SSSR count). The van der Waals surface area contributed by atoms with E-state index in [0.29, 0.717) is 11.5 Å². The van der Waals surface area contributed by atoms with Crippen LogP contribution in [0.1, 0.15) is 28.9 Å². The van der Waals surface area contributed by atoms with Gasteiger partial charge in [0.25, 0.3) is 5.91 Å². The van der Waals surface area contributed by atoms with Gasteiger partial charge in [-0.2, -0.15) is 0 Å². The molecule has 0 aliphatic rings. The number of methoxy groups -OCH3 is 3. The van der Waals surface area contributed by atoms with Crippen LogP contribution in [0.3, 0.4) is 0 Å². The summed E-state index contributed by atoms with van der Waals surface area (Å²) in [6, 6.07) is 7.59. The first-order valence-electron chi connectivity index (χ1n) is 8.62. The number of hydrogen-bond acceptors (Lipinski definition) is 7. The molecule has 0 bridgehead atoms. The van der Waals surface area contributed by atoms with E-state index < -0.39 is 24.5 Å². The van der Waals surface area contributed by atoms with Crippen molar-refractivity contribution < 1.29 is 28.5 Å². The standard InChI is InChI=1S/C20H23ClN2O6/c1-11(13-7-12(26-2)5-6-17(13)27-3)23-19(24)10-29-20(25)14-8-15(21)16(22)9-18(14)28-4/h5-9,11H,10,22H2,1-4H3,(H,23,24)/t11-/m1/s1. The molecule has 9 heteroatoms. The van der Waals surface area contributed by atoms with E-state index in [1.807, 2.05) is 0 Å². The van der Waals surface area contributed by atoms with Crippen molar-refractivity contribution in [3.8, 4) is 17.2 Å². The number of halogens is 1. The molecule has 0 aliphatic carbocycles. The van der Waals surface area contributed by atoms with Gasteiger partial charge in [0.05, 0.1) is 38.1 Å². The predicted octanol–water partition coefficient (Wildman–Crippen LogP) is 2.98. The Balaban J connectivity index is 2.03. The maximum atomic E-state index is 12.3. The minimum atomic E-state index is -0.759. The molecule has 0 unspecified atom stereocenters. The minimum absolute atomic E-state index is 0.0713. The van der Waals surface area contributed by atoms with Gasteiger partial charge in [-0.3, -0.25) is 4.79 Å². The van der Waals surface area contributed by atoms with Gasteiger partial charge in [0.1, 0.15) is 22.8 Å². The van der Waals surface area contributed by atoms with Crippen LogP contribution in [0.4, 0.5) is 5.69 Å². The molecule has 0 saturated heterocycles. The number of ether oxygens (including phenoxy) is 4. The van der Waals surface area contributed by atoms with E-state index in [1.54, 1.807) is 32.2 Å². The van der Waals surface area contributed by atoms with Gasteiger partial charge in [-0.1, -0.05) is 11.6 Å². The Hall–Kier alpha value is -3.13. The summed E-state index contributed by atoms with van der Waals surface area (Å²) in [5.41, 5.74) is 6.75. The quantitative estimate of drug-likeness (QED) is 0.497. The zero-order valence-corrected chi connectivity index (χ0v) is 17.3. The van der Waals surface area contributed by atoms with Crippen molar-refractivity contribution >= 4 is 29.2 Å². The molecule has 0 saturated carbocycles. The SMILES string of the molecule is COc1ccc(OC)c([C@@H](C)NC(=O)COC(=O)c2cc(Cl)c(N)cc2OC)c1. The van der Waals surface area contributed by atoms with Crippen LogP contribution in [0.25, 0.3) is 0 Å². The van der Waals surface area contributed by atoms with Crippen LogP contribution in [0.5, 0.6) is 17.2 Å². The highest BCUT2D eigenvalue weighted by atomic mass is 35.5. The minimum Gasteiger partial charge on any atom is -0.497 e. The molecular formula is C20H23ClN2O6. The average Bonchev–Trinajstić information content (AvgIpc) is 2.72. The molecule has 156 valence electrons. The molecule has 0 spiro atoms. The average molecular weight is 423 g/mol. The van der Waals surface area contributed by atoms with E-state index in [1.165, 1.54) is 26.4 Å². The summed E-state index contributed by atoms with van der Waals surface area (Å²) in [5.74, 6) is 0.172. The molecule has 8 nitrogen and oxygen atoms in total. The molecule has 0 aliphatic heterocycles. The molecule has 2 aromatic carbocycles. The van der Waals surface area contributed by atoms with E-state index in [9.17, 15) is 9.59 Å². The molecule has 2 aromatic rings. The smallest absolute Gasteiger partial charge is 0.342 e. The normalized spacial score (nSPS) is 11.3. The Morgan fingerprint density at radius 1 is 1.07 bits per heavy atom. The van der Waals surface area contributed by atoms with Crippen molar-refractivity contribution in [3.05, 3.63) is 46.5 Å². The van der Waals surface area contributed by atoms with E-state index in [2.05, 4.69) is 5.32 Å². The third-order valence-electron chi connectivity index (χ3n) is 4.15. The number of rotatable bonds is 8. The number of esters is 1. The maximum Gasteiger partial charge on any atom is 0.342 e. The Labute approximate surface area is 173 Å². The molecular weight excluding hydrogens is 400 g/mol. The van der Waals surface area contributed by atoms with Gasteiger partial charge in [0, 0.05) is 11.6 Å². The number of carbonyl (C=O) groups is 2. The summed E-state index contributed by atoms with van der Waals surface area (Å²) in [7, 11) is 4.47. The fourth-order valence-electron chi connectivity index (χ4n) is 2.65. The van der Waals surface area contributed by atoms with Crippen LogP contribution in [0, 0.1) is 0 Å². The number of anilines is 1. The van der Waals surface area contributed by atoms with Gasteiger partial charge in [-0.25, -0.2) is 4.79 Å².